The minimum Gasteiger partial charge on any atom is -0.457 e. The van der Waals surface area contributed by atoms with Crippen LogP contribution in [-0.2, 0) is 11.2 Å². The maximum atomic E-state index is 12.2. The number of rotatable bonds is 7. The first kappa shape index (κ1) is 22.4. The zero-order valence-corrected chi connectivity index (χ0v) is 18.3. The van der Waals surface area contributed by atoms with Crippen molar-refractivity contribution in [3.8, 4) is 11.5 Å². The number of carbonyl (C=O) groups excluding carboxylic acids is 2. The van der Waals surface area contributed by atoms with Crippen molar-refractivity contribution in [3.63, 3.8) is 0 Å². The second-order valence-electron chi connectivity index (χ2n) is 7.29. The fourth-order valence-electron chi connectivity index (χ4n) is 3.24. The van der Waals surface area contributed by atoms with Gasteiger partial charge in [0.05, 0.1) is 4.91 Å². The molecular weight excluding hydrogens is 442 g/mol. The molecule has 9 heteroatoms. The van der Waals surface area contributed by atoms with Gasteiger partial charge in [0.1, 0.15) is 11.5 Å². The lowest BCUT2D eigenvalue weighted by atomic mass is 10.1. The molecule has 4 rings (SSSR count). The van der Waals surface area contributed by atoms with E-state index in [1.165, 1.54) is 6.08 Å². The average Bonchev–Trinajstić information content (AvgIpc) is 3.08. The SMILES string of the molecule is O=C1C=C(c2ccc(CCNC(=O)Nc3ccc(Oc4ccccc4)cc3)cc2)S(O)(O)N1. The lowest BCUT2D eigenvalue weighted by Gasteiger charge is -2.29. The Morgan fingerprint density at radius 3 is 2.21 bits per heavy atom. The maximum Gasteiger partial charge on any atom is 0.319 e. The first-order valence-electron chi connectivity index (χ1n) is 10.2. The molecule has 5 N–H and O–H groups in total. The molecule has 1 aliphatic heterocycles. The normalized spacial score (nSPS) is 15.2. The fraction of sp³-hybridized carbons (Fsp3) is 0.0833. The molecule has 0 saturated carbocycles. The van der Waals surface area contributed by atoms with E-state index in [1.807, 2.05) is 42.5 Å². The predicted octanol–water partition coefficient (Wildman–Crippen LogP) is 4.98. The molecule has 170 valence electrons. The van der Waals surface area contributed by atoms with E-state index < -0.39 is 16.7 Å². The standard InChI is InChI=1S/C24H23N3O5S/c28-23-16-22(33(30,31)27-23)18-8-6-17(7-9-18)14-15-25-24(29)26-19-10-12-21(13-11-19)32-20-4-2-1-3-5-20/h1-13,16,30-31H,14-15H2,(H,27,28)(H2,25,26,29). The van der Waals surface area contributed by atoms with E-state index in [4.69, 9.17) is 4.74 Å². The van der Waals surface area contributed by atoms with E-state index in [2.05, 4.69) is 15.4 Å². The van der Waals surface area contributed by atoms with Crippen molar-refractivity contribution in [2.45, 2.75) is 6.42 Å². The van der Waals surface area contributed by atoms with Gasteiger partial charge in [-0.25, -0.2) is 9.52 Å². The van der Waals surface area contributed by atoms with E-state index in [9.17, 15) is 18.7 Å². The van der Waals surface area contributed by atoms with E-state index in [0.717, 1.165) is 11.3 Å². The Bertz CT molecular complexity index is 1160. The van der Waals surface area contributed by atoms with Gasteiger partial charge in [0.2, 0.25) is 0 Å². The number of benzene rings is 3. The maximum absolute atomic E-state index is 12.2. The van der Waals surface area contributed by atoms with Crippen LogP contribution in [-0.4, -0.2) is 27.6 Å². The summed E-state index contributed by atoms with van der Waals surface area (Å²) >= 11 is 0. The summed E-state index contributed by atoms with van der Waals surface area (Å²) < 4.78 is 27.7. The Hall–Kier alpha value is -3.79. The highest BCUT2D eigenvalue weighted by Gasteiger charge is 2.29. The van der Waals surface area contributed by atoms with Crippen LogP contribution >= 0.6 is 10.8 Å². The monoisotopic (exact) mass is 465 g/mol. The van der Waals surface area contributed by atoms with Gasteiger partial charge in [-0.15, -0.1) is 0 Å². The summed E-state index contributed by atoms with van der Waals surface area (Å²) in [5.41, 5.74) is 2.16. The van der Waals surface area contributed by atoms with Crippen LogP contribution in [0.5, 0.6) is 11.5 Å². The van der Waals surface area contributed by atoms with Crippen molar-refractivity contribution in [3.05, 3.63) is 96.1 Å². The molecule has 3 aromatic rings. The van der Waals surface area contributed by atoms with Crippen molar-refractivity contribution < 1.29 is 23.4 Å². The highest BCUT2D eigenvalue weighted by atomic mass is 32.3. The summed E-state index contributed by atoms with van der Waals surface area (Å²) in [6.07, 6.45) is 1.78. The molecule has 0 unspecified atom stereocenters. The third-order valence-electron chi connectivity index (χ3n) is 4.84. The molecule has 0 fully saturated rings. The van der Waals surface area contributed by atoms with Gasteiger partial charge < -0.3 is 15.4 Å². The zero-order chi connectivity index (χ0) is 23.3. The minimum absolute atomic E-state index is 0.178. The molecule has 3 amide bonds. The number of hydrogen-bond acceptors (Lipinski definition) is 5. The van der Waals surface area contributed by atoms with E-state index in [-0.39, 0.29) is 10.9 Å². The second kappa shape index (κ2) is 9.78. The fourth-order valence-corrected chi connectivity index (χ4v) is 4.42. The van der Waals surface area contributed by atoms with Crippen LogP contribution in [0.15, 0.2) is 84.9 Å². The van der Waals surface area contributed by atoms with Crippen LogP contribution in [0.25, 0.3) is 4.91 Å². The van der Waals surface area contributed by atoms with Crippen molar-refractivity contribution in [2.24, 2.45) is 0 Å². The summed E-state index contributed by atoms with van der Waals surface area (Å²) in [6.45, 7) is 0.415. The lowest BCUT2D eigenvalue weighted by Crippen LogP contribution is -2.30. The molecule has 1 aliphatic rings. The lowest BCUT2D eigenvalue weighted by molar-refractivity contribution is -0.114. The molecular formula is C24H23N3O5S. The van der Waals surface area contributed by atoms with Crippen LogP contribution in [0.3, 0.4) is 0 Å². The van der Waals surface area contributed by atoms with Gasteiger partial charge in [-0.3, -0.25) is 13.9 Å². The molecule has 0 spiro atoms. The molecule has 0 aromatic heterocycles. The predicted molar refractivity (Wildman–Crippen MR) is 129 cm³/mol. The van der Waals surface area contributed by atoms with Crippen LogP contribution in [0.1, 0.15) is 11.1 Å². The Balaban J connectivity index is 1.23. The number of nitrogens with one attached hydrogen (secondary N) is 3. The van der Waals surface area contributed by atoms with Gasteiger partial charge in [0.25, 0.3) is 5.91 Å². The quantitative estimate of drug-likeness (QED) is 0.337. The Kier molecular flexibility index (Phi) is 6.64. The smallest absolute Gasteiger partial charge is 0.319 e. The minimum atomic E-state index is -3.29. The highest BCUT2D eigenvalue weighted by Crippen LogP contribution is 2.52. The van der Waals surface area contributed by atoms with Crippen LogP contribution in [0, 0.1) is 0 Å². The third-order valence-corrected chi connectivity index (χ3v) is 6.29. The first-order valence-corrected chi connectivity index (χ1v) is 11.7. The number of urea groups is 1. The number of ether oxygens (including phenoxy) is 1. The van der Waals surface area contributed by atoms with E-state index in [0.29, 0.717) is 30.0 Å². The summed E-state index contributed by atoms with van der Waals surface area (Å²) in [6, 6.07) is 23.3. The van der Waals surface area contributed by atoms with Gasteiger partial charge in [0.15, 0.2) is 0 Å². The molecule has 3 aromatic carbocycles. The average molecular weight is 466 g/mol. The van der Waals surface area contributed by atoms with Crippen molar-refractivity contribution >= 4 is 33.3 Å². The van der Waals surface area contributed by atoms with Gasteiger partial charge in [0, 0.05) is 18.3 Å². The summed E-state index contributed by atoms with van der Waals surface area (Å²) in [4.78, 5) is 23.7. The van der Waals surface area contributed by atoms with Crippen molar-refractivity contribution in [2.75, 3.05) is 11.9 Å². The Morgan fingerprint density at radius 1 is 0.909 bits per heavy atom. The highest BCUT2D eigenvalue weighted by molar-refractivity contribution is 8.31. The summed E-state index contributed by atoms with van der Waals surface area (Å²) in [5.74, 6) is 0.885. The Labute approximate surface area is 192 Å². The van der Waals surface area contributed by atoms with Gasteiger partial charge >= 0.3 is 6.03 Å². The number of carbonyl (C=O) groups is 2. The molecule has 8 nitrogen and oxygen atoms in total. The van der Waals surface area contributed by atoms with Gasteiger partial charge in [-0.1, -0.05) is 53.2 Å². The van der Waals surface area contributed by atoms with Crippen molar-refractivity contribution in [1.82, 2.24) is 10.0 Å². The van der Waals surface area contributed by atoms with Crippen molar-refractivity contribution in [1.29, 1.82) is 0 Å². The zero-order valence-electron chi connectivity index (χ0n) is 17.5. The second-order valence-corrected chi connectivity index (χ2v) is 9.03. The number of hydrogen-bond donors (Lipinski definition) is 5. The molecule has 33 heavy (non-hydrogen) atoms. The van der Waals surface area contributed by atoms with E-state index in [1.54, 1.807) is 36.4 Å². The molecule has 0 aliphatic carbocycles. The third kappa shape index (κ3) is 5.92. The molecule has 0 radical (unpaired) electrons. The summed E-state index contributed by atoms with van der Waals surface area (Å²) in [7, 11) is -3.29. The molecule has 0 bridgehead atoms. The van der Waals surface area contributed by atoms with Crippen LogP contribution in [0.2, 0.25) is 0 Å². The van der Waals surface area contributed by atoms with Crippen LogP contribution in [0.4, 0.5) is 10.5 Å². The molecule has 0 atom stereocenters. The molecule has 0 saturated heterocycles. The summed E-state index contributed by atoms with van der Waals surface area (Å²) in [5, 5.41) is 5.57. The Morgan fingerprint density at radius 2 is 1.58 bits per heavy atom. The van der Waals surface area contributed by atoms with Gasteiger partial charge in [-0.2, -0.15) is 0 Å². The van der Waals surface area contributed by atoms with Crippen LogP contribution < -0.4 is 20.1 Å². The van der Waals surface area contributed by atoms with E-state index >= 15 is 0 Å². The number of anilines is 1. The van der Waals surface area contributed by atoms with Gasteiger partial charge in [-0.05, 0) is 53.9 Å². The number of amides is 3. The molecule has 1 heterocycles. The largest absolute Gasteiger partial charge is 0.457 e. The first-order chi connectivity index (χ1) is 15.9. The topological polar surface area (TPSA) is 120 Å². The number of para-hydroxylation sites is 1.